The van der Waals surface area contributed by atoms with Crippen molar-refractivity contribution in [3.05, 3.63) is 0 Å². The standard InChI is InChI=1S/C12H22N2/c1-2-10(1)12(11-3-4-11)14-6-5-9-7-13-8-9/h9-14H,1-8H2. The third kappa shape index (κ3) is 2.12. The molecule has 2 aliphatic carbocycles. The maximum Gasteiger partial charge on any atom is 0.0124 e. The van der Waals surface area contributed by atoms with E-state index in [-0.39, 0.29) is 0 Å². The lowest BCUT2D eigenvalue weighted by molar-refractivity contribution is 0.307. The number of nitrogens with one attached hydrogen (secondary N) is 2. The van der Waals surface area contributed by atoms with Gasteiger partial charge in [-0.2, -0.15) is 0 Å². The monoisotopic (exact) mass is 194 g/mol. The highest BCUT2D eigenvalue weighted by Crippen LogP contribution is 2.44. The van der Waals surface area contributed by atoms with Gasteiger partial charge in [-0.15, -0.1) is 0 Å². The molecule has 1 heterocycles. The van der Waals surface area contributed by atoms with E-state index >= 15 is 0 Å². The Morgan fingerprint density at radius 3 is 2.14 bits per heavy atom. The zero-order valence-corrected chi connectivity index (χ0v) is 8.97. The predicted octanol–water partition coefficient (Wildman–Crippen LogP) is 1.37. The molecule has 2 nitrogen and oxygen atoms in total. The fraction of sp³-hybridized carbons (Fsp3) is 1.00. The zero-order chi connectivity index (χ0) is 9.38. The van der Waals surface area contributed by atoms with E-state index in [0.717, 1.165) is 23.8 Å². The Morgan fingerprint density at radius 2 is 1.71 bits per heavy atom. The molecule has 2 saturated carbocycles. The molecule has 0 aromatic carbocycles. The second kappa shape index (κ2) is 3.82. The third-order valence-electron chi connectivity index (χ3n) is 4.06. The van der Waals surface area contributed by atoms with Gasteiger partial charge in [0, 0.05) is 6.04 Å². The second-order valence-corrected chi connectivity index (χ2v) is 5.47. The summed E-state index contributed by atoms with van der Waals surface area (Å²) in [6.07, 6.45) is 7.39. The largest absolute Gasteiger partial charge is 0.316 e. The van der Waals surface area contributed by atoms with Crippen LogP contribution in [0.2, 0.25) is 0 Å². The van der Waals surface area contributed by atoms with Crippen LogP contribution in [0.4, 0.5) is 0 Å². The summed E-state index contributed by atoms with van der Waals surface area (Å²) in [6, 6.07) is 0.906. The normalized spacial score (nSPS) is 28.1. The van der Waals surface area contributed by atoms with Gasteiger partial charge in [0.2, 0.25) is 0 Å². The van der Waals surface area contributed by atoms with E-state index in [0.29, 0.717) is 0 Å². The summed E-state index contributed by atoms with van der Waals surface area (Å²) in [5, 5.41) is 7.16. The van der Waals surface area contributed by atoms with Crippen molar-refractivity contribution in [1.82, 2.24) is 10.6 Å². The number of hydrogen-bond acceptors (Lipinski definition) is 2. The van der Waals surface area contributed by atoms with Gasteiger partial charge in [0.15, 0.2) is 0 Å². The molecule has 14 heavy (non-hydrogen) atoms. The van der Waals surface area contributed by atoms with Crippen molar-refractivity contribution in [2.45, 2.75) is 38.1 Å². The number of rotatable bonds is 6. The van der Waals surface area contributed by atoms with Crippen LogP contribution < -0.4 is 10.6 Å². The Labute approximate surface area is 86.8 Å². The molecule has 0 atom stereocenters. The van der Waals surface area contributed by atoms with Crippen LogP contribution in [0.15, 0.2) is 0 Å². The smallest absolute Gasteiger partial charge is 0.0124 e. The molecule has 2 heteroatoms. The first-order chi connectivity index (χ1) is 6.93. The molecule has 80 valence electrons. The first kappa shape index (κ1) is 9.17. The zero-order valence-electron chi connectivity index (χ0n) is 8.97. The van der Waals surface area contributed by atoms with E-state index in [4.69, 9.17) is 0 Å². The van der Waals surface area contributed by atoms with E-state index in [1.807, 2.05) is 0 Å². The number of hydrogen-bond donors (Lipinski definition) is 2. The van der Waals surface area contributed by atoms with Gasteiger partial charge in [-0.3, -0.25) is 0 Å². The summed E-state index contributed by atoms with van der Waals surface area (Å²) in [7, 11) is 0. The summed E-state index contributed by atoms with van der Waals surface area (Å²) in [6.45, 7) is 3.79. The van der Waals surface area contributed by atoms with Gasteiger partial charge in [-0.25, -0.2) is 0 Å². The first-order valence-corrected chi connectivity index (χ1v) is 6.37. The average Bonchev–Trinajstić information content (AvgIpc) is 2.96. The lowest BCUT2D eigenvalue weighted by Crippen LogP contribution is -2.44. The summed E-state index contributed by atoms with van der Waals surface area (Å²) >= 11 is 0. The molecule has 3 fully saturated rings. The van der Waals surface area contributed by atoms with Crippen molar-refractivity contribution >= 4 is 0 Å². The van der Waals surface area contributed by atoms with Crippen LogP contribution in [0.25, 0.3) is 0 Å². The lowest BCUT2D eigenvalue weighted by atomic mass is 9.99. The molecule has 3 rings (SSSR count). The molecule has 0 aromatic rings. The van der Waals surface area contributed by atoms with Gasteiger partial charge in [-0.05, 0) is 69.5 Å². The minimum atomic E-state index is 0.906. The fourth-order valence-electron chi connectivity index (χ4n) is 2.64. The Hall–Kier alpha value is -0.0800. The SMILES string of the molecule is C(CC1CNC1)NC(C1CC1)C1CC1. The molecule has 0 unspecified atom stereocenters. The van der Waals surface area contributed by atoms with Crippen molar-refractivity contribution in [2.75, 3.05) is 19.6 Å². The van der Waals surface area contributed by atoms with Crippen molar-refractivity contribution in [2.24, 2.45) is 17.8 Å². The van der Waals surface area contributed by atoms with Crippen molar-refractivity contribution < 1.29 is 0 Å². The van der Waals surface area contributed by atoms with E-state index in [2.05, 4.69) is 10.6 Å². The Bertz CT molecular complexity index is 180. The minimum absolute atomic E-state index is 0.906. The molecule has 3 aliphatic rings. The van der Waals surface area contributed by atoms with E-state index in [9.17, 15) is 0 Å². The summed E-state index contributed by atoms with van der Waals surface area (Å²) in [5.41, 5.74) is 0. The van der Waals surface area contributed by atoms with Crippen LogP contribution in [0.3, 0.4) is 0 Å². The maximum absolute atomic E-state index is 3.81. The molecule has 0 amide bonds. The highest BCUT2D eigenvalue weighted by atomic mass is 15.0. The summed E-state index contributed by atoms with van der Waals surface area (Å²) in [4.78, 5) is 0. The quantitative estimate of drug-likeness (QED) is 0.667. The molecule has 2 N–H and O–H groups in total. The highest BCUT2D eigenvalue weighted by molar-refractivity contribution is 4.96. The lowest BCUT2D eigenvalue weighted by Gasteiger charge is -2.28. The van der Waals surface area contributed by atoms with Gasteiger partial charge >= 0.3 is 0 Å². The topological polar surface area (TPSA) is 24.1 Å². The van der Waals surface area contributed by atoms with Crippen LogP contribution in [-0.4, -0.2) is 25.7 Å². The van der Waals surface area contributed by atoms with Gasteiger partial charge in [0.05, 0.1) is 0 Å². The van der Waals surface area contributed by atoms with E-state index < -0.39 is 0 Å². The van der Waals surface area contributed by atoms with Crippen LogP contribution in [0, 0.1) is 17.8 Å². The maximum atomic E-state index is 3.81. The first-order valence-electron chi connectivity index (χ1n) is 6.37. The van der Waals surface area contributed by atoms with Crippen LogP contribution in [0.1, 0.15) is 32.1 Å². The molecule has 1 saturated heterocycles. The van der Waals surface area contributed by atoms with Gasteiger partial charge in [0.1, 0.15) is 0 Å². The Morgan fingerprint density at radius 1 is 1.07 bits per heavy atom. The van der Waals surface area contributed by atoms with E-state index in [1.54, 1.807) is 0 Å². The molecule has 0 radical (unpaired) electrons. The fourth-order valence-corrected chi connectivity index (χ4v) is 2.64. The van der Waals surface area contributed by atoms with Gasteiger partial charge in [-0.1, -0.05) is 0 Å². The minimum Gasteiger partial charge on any atom is -0.316 e. The summed E-state index contributed by atoms with van der Waals surface area (Å²) in [5.74, 6) is 3.09. The average molecular weight is 194 g/mol. The Balaban J connectivity index is 1.36. The predicted molar refractivity (Wildman–Crippen MR) is 58.2 cm³/mol. The molecule has 0 spiro atoms. The van der Waals surface area contributed by atoms with Crippen molar-refractivity contribution in [3.8, 4) is 0 Å². The highest BCUT2D eigenvalue weighted by Gasteiger charge is 2.40. The van der Waals surface area contributed by atoms with Crippen molar-refractivity contribution in [1.29, 1.82) is 0 Å². The molecule has 1 aliphatic heterocycles. The molecular weight excluding hydrogens is 172 g/mol. The van der Waals surface area contributed by atoms with Crippen LogP contribution in [-0.2, 0) is 0 Å². The van der Waals surface area contributed by atoms with Gasteiger partial charge in [0.25, 0.3) is 0 Å². The van der Waals surface area contributed by atoms with Crippen LogP contribution >= 0.6 is 0 Å². The van der Waals surface area contributed by atoms with Crippen molar-refractivity contribution in [3.63, 3.8) is 0 Å². The van der Waals surface area contributed by atoms with E-state index in [1.165, 1.54) is 51.7 Å². The third-order valence-corrected chi connectivity index (χ3v) is 4.06. The Kier molecular flexibility index (Phi) is 2.50. The summed E-state index contributed by atoms with van der Waals surface area (Å²) < 4.78 is 0. The molecular formula is C12H22N2. The van der Waals surface area contributed by atoms with Crippen LogP contribution in [0.5, 0.6) is 0 Å². The second-order valence-electron chi connectivity index (χ2n) is 5.47. The van der Waals surface area contributed by atoms with Gasteiger partial charge < -0.3 is 10.6 Å². The molecule has 0 bridgehead atoms. The molecule has 0 aromatic heterocycles.